The molecule has 0 bridgehead atoms. The quantitative estimate of drug-likeness (QED) is 0.157. The third-order valence-electron chi connectivity index (χ3n) is 6.62. The van der Waals surface area contributed by atoms with Crippen LogP contribution in [-0.2, 0) is 12.6 Å². The van der Waals surface area contributed by atoms with Gasteiger partial charge in [0.05, 0.1) is 33.9 Å². The normalized spacial score (nSPS) is 12.2. The lowest BCUT2D eigenvalue weighted by molar-refractivity contribution is -0.137. The molecule has 4 aromatic carbocycles. The first-order chi connectivity index (χ1) is 18.1. The van der Waals surface area contributed by atoms with Gasteiger partial charge in [-0.2, -0.15) is 13.2 Å². The summed E-state index contributed by atoms with van der Waals surface area (Å²) in [5, 5.41) is 1.90. The molecule has 3 nitrogen and oxygen atoms in total. The van der Waals surface area contributed by atoms with Gasteiger partial charge in [0, 0.05) is 22.9 Å². The van der Waals surface area contributed by atoms with Crippen molar-refractivity contribution in [1.82, 2.24) is 9.55 Å². The minimum absolute atomic E-state index is 0.00119. The highest BCUT2D eigenvalue weighted by Gasteiger charge is 2.31. The molecular weight excluding hydrogens is 527 g/mol. The zero-order valence-corrected chi connectivity index (χ0v) is 22.3. The molecule has 5 rings (SSSR count). The van der Waals surface area contributed by atoms with E-state index in [-0.39, 0.29) is 5.02 Å². The Morgan fingerprint density at radius 2 is 1.79 bits per heavy atom. The van der Waals surface area contributed by atoms with Crippen molar-refractivity contribution in [2.75, 3.05) is 6.54 Å². The second-order valence-electron chi connectivity index (χ2n) is 9.25. The zero-order chi connectivity index (χ0) is 27.0. The highest BCUT2D eigenvalue weighted by atomic mass is 35.5. The molecule has 5 aromatic rings. The summed E-state index contributed by atoms with van der Waals surface area (Å²) in [6, 6.07) is 19.4. The first kappa shape index (κ1) is 26.1. The summed E-state index contributed by atoms with van der Waals surface area (Å²) in [6.07, 6.45) is -0.333. The van der Waals surface area contributed by atoms with E-state index in [1.165, 1.54) is 22.8 Å². The Balaban J connectivity index is 1.37. The van der Waals surface area contributed by atoms with Crippen molar-refractivity contribution in [3.8, 4) is 5.69 Å². The van der Waals surface area contributed by atoms with Crippen molar-refractivity contribution in [2.45, 2.75) is 26.4 Å². The molecule has 38 heavy (non-hydrogen) atoms. The summed E-state index contributed by atoms with van der Waals surface area (Å²) < 4.78 is 40.8. The van der Waals surface area contributed by atoms with E-state index >= 15 is 0 Å². The number of imidazole rings is 1. The molecule has 0 saturated carbocycles. The van der Waals surface area contributed by atoms with Crippen LogP contribution >= 0.6 is 23.8 Å². The smallest absolute Gasteiger partial charge is 0.297 e. The number of rotatable bonds is 6. The Kier molecular flexibility index (Phi) is 7.07. The minimum atomic E-state index is -4.46. The van der Waals surface area contributed by atoms with Gasteiger partial charge in [0.1, 0.15) is 6.33 Å². The molecule has 0 aliphatic carbocycles. The predicted octanol–water partition coefficient (Wildman–Crippen LogP) is 8.50. The van der Waals surface area contributed by atoms with Crippen molar-refractivity contribution in [3.63, 3.8) is 0 Å². The van der Waals surface area contributed by atoms with E-state index in [9.17, 15) is 13.2 Å². The first-order valence-corrected chi connectivity index (χ1v) is 12.7. The van der Waals surface area contributed by atoms with Crippen molar-refractivity contribution >= 4 is 56.7 Å². The Hall–Kier alpha value is -3.55. The van der Waals surface area contributed by atoms with Gasteiger partial charge in [0.25, 0.3) is 0 Å². The largest absolute Gasteiger partial charge is 0.416 e. The SMILES string of the molecule is Cc1cccc(C)c1CC(=S)CN=Cc1ccc2c(ccc3c2ncn3-c2ccc(C(F)(F)F)cc2Cl)c1. The predicted molar refractivity (Wildman–Crippen MR) is 153 cm³/mol. The summed E-state index contributed by atoms with van der Waals surface area (Å²) in [4.78, 5) is 9.98. The Labute approximate surface area is 228 Å². The Morgan fingerprint density at radius 3 is 2.50 bits per heavy atom. The lowest BCUT2D eigenvalue weighted by Crippen LogP contribution is -2.07. The monoisotopic (exact) mass is 549 g/mol. The van der Waals surface area contributed by atoms with Crippen LogP contribution in [0, 0.1) is 13.8 Å². The highest BCUT2D eigenvalue weighted by molar-refractivity contribution is 7.80. The minimum Gasteiger partial charge on any atom is -0.297 e. The van der Waals surface area contributed by atoms with Gasteiger partial charge in [-0.25, -0.2) is 4.98 Å². The summed E-state index contributed by atoms with van der Waals surface area (Å²) in [5.74, 6) is 0. The van der Waals surface area contributed by atoms with Crippen LogP contribution in [0.15, 0.2) is 78.0 Å². The second-order valence-corrected chi connectivity index (χ2v) is 10.2. The van der Waals surface area contributed by atoms with Gasteiger partial charge in [0.2, 0.25) is 0 Å². The molecule has 1 aromatic heterocycles. The van der Waals surface area contributed by atoms with Gasteiger partial charge >= 0.3 is 6.18 Å². The fourth-order valence-electron chi connectivity index (χ4n) is 4.61. The Morgan fingerprint density at radius 1 is 1.03 bits per heavy atom. The maximum absolute atomic E-state index is 13.0. The number of aryl methyl sites for hydroxylation is 2. The number of alkyl halides is 3. The highest BCUT2D eigenvalue weighted by Crippen LogP contribution is 2.35. The fraction of sp³-hybridized carbons (Fsp3) is 0.167. The van der Waals surface area contributed by atoms with Crippen molar-refractivity contribution in [3.05, 3.63) is 106 Å². The molecule has 0 fully saturated rings. The molecule has 1 heterocycles. The third kappa shape index (κ3) is 5.22. The van der Waals surface area contributed by atoms with Crippen LogP contribution in [0.2, 0.25) is 5.02 Å². The number of aliphatic imine (C=N–C) groups is 1. The van der Waals surface area contributed by atoms with E-state index in [2.05, 4.69) is 42.0 Å². The molecule has 0 amide bonds. The van der Waals surface area contributed by atoms with Crippen molar-refractivity contribution in [2.24, 2.45) is 4.99 Å². The summed E-state index contributed by atoms with van der Waals surface area (Å²) in [6.45, 7) is 4.67. The molecular formula is C30H23ClF3N3S. The molecule has 0 radical (unpaired) electrons. The lowest BCUT2D eigenvalue weighted by Gasteiger charge is -2.11. The number of hydrogen-bond acceptors (Lipinski definition) is 3. The summed E-state index contributed by atoms with van der Waals surface area (Å²) in [7, 11) is 0. The summed E-state index contributed by atoms with van der Waals surface area (Å²) in [5.41, 5.74) is 5.80. The van der Waals surface area contributed by atoms with Crippen LogP contribution in [0.25, 0.3) is 27.5 Å². The van der Waals surface area contributed by atoms with Crippen LogP contribution in [0.4, 0.5) is 13.2 Å². The Bertz CT molecular complexity index is 1700. The average Bonchev–Trinajstić information content (AvgIpc) is 3.30. The lowest BCUT2D eigenvalue weighted by atomic mass is 9.99. The van der Waals surface area contributed by atoms with E-state index in [0.29, 0.717) is 12.2 Å². The molecule has 0 saturated heterocycles. The van der Waals surface area contributed by atoms with Crippen molar-refractivity contribution in [1.29, 1.82) is 0 Å². The number of halogens is 4. The molecule has 0 N–H and O–H groups in total. The standard InChI is InChI=1S/C30H23ClF3N3S/c1-18-4-3-5-19(2)25(18)14-23(38)16-35-15-20-6-9-24-21(12-20)7-10-28-29(24)36-17-37(28)27-11-8-22(13-26(27)31)30(32,33)34/h3-13,15,17H,14,16H2,1-2H3. The number of benzene rings is 4. The van der Waals surface area contributed by atoms with Gasteiger partial charge in [-0.15, -0.1) is 0 Å². The molecule has 0 spiro atoms. The van der Waals surface area contributed by atoms with Gasteiger partial charge in [-0.3, -0.25) is 9.56 Å². The molecule has 0 unspecified atom stereocenters. The van der Waals surface area contributed by atoms with Crippen LogP contribution < -0.4 is 0 Å². The number of hydrogen-bond donors (Lipinski definition) is 0. The van der Waals surface area contributed by atoms with E-state index < -0.39 is 11.7 Å². The van der Waals surface area contributed by atoms with Gasteiger partial charge < -0.3 is 0 Å². The molecule has 0 aliphatic rings. The average molecular weight is 550 g/mol. The fourth-order valence-corrected chi connectivity index (χ4v) is 5.10. The van der Waals surface area contributed by atoms with Crippen LogP contribution in [0.3, 0.4) is 0 Å². The van der Waals surface area contributed by atoms with Gasteiger partial charge in [-0.1, -0.05) is 60.2 Å². The first-order valence-electron chi connectivity index (χ1n) is 12.0. The number of thiocarbonyl (C=S) groups is 1. The number of nitrogens with zero attached hydrogens (tertiary/aromatic N) is 3. The maximum atomic E-state index is 13.0. The van der Waals surface area contributed by atoms with E-state index in [1.807, 2.05) is 36.5 Å². The maximum Gasteiger partial charge on any atom is 0.416 e. The molecule has 0 aliphatic heterocycles. The van der Waals surface area contributed by atoms with Crippen LogP contribution in [-0.4, -0.2) is 27.2 Å². The topological polar surface area (TPSA) is 30.2 Å². The van der Waals surface area contributed by atoms with E-state index in [1.54, 1.807) is 10.9 Å². The van der Waals surface area contributed by atoms with Crippen LogP contribution in [0.5, 0.6) is 0 Å². The van der Waals surface area contributed by atoms with E-state index in [0.717, 1.165) is 50.8 Å². The molecule has 8 heteroatoms. The number of aromatic nitrogens is 2. The van der Waals surface area contributed by atoms with Gasteiger partial charge in [0.15, 0.2) is 0 Å². The third-order valence-corrected chi connectivity index (χ3v) is 7.19. The van der Waals surface area contributed by atoms with Crippen molar-refractivity contribution < 1.29 is 13.2 Å². The zero-order valence-electron chi connectivity index (χ0n) is 20.7. The van der Waals surface area contributed by atoms with E-state index in [4.69, 9.17) is 23.8 Å². The van der Waals surface area contributed by atoms with Crippen LogP contribution in [0.1, 0.15) is 27.8 Å². The number of fused-ring (bicyclic) bond motifs is 3. The molecule has 192 valence electrons. The second kappa shape index (κ2) is 10.3. The summed E-state index contributed by atoms with van der Waals surface area (Å²) >= 11 is 11.8. The molecule has 0 atom stereocenters. The van der Waals surface area contributed by atoms with Gasteiger partial charge in [-0.05, 0) is 71.8 Å².